The van der Waals surface area contributed by atoms with E-state index < -0.39 is 0 Å². The molecule has 4 rings (SSSR count). The van der Waals surface area contributed by atoms with Crippen LogP contribution < -0.4 is 5.76 Å². The van der Waals surface area contributed by atoms with Crippen LogP contribution in [0.4, 0.5) is 0 Å². The number of nitrogens with zero attached hydrogens (tertiary/aromatic N) is 3. The maximum atomic E-state index is 12.3. The van der Waals surface area contributed by atoms with Gasteiger partial charge in [0.15, 0.2) is 11.4 Å². The van der Waals surface area contributed by atoms with Gasteiger partial charge in [-0.3, -0.25) is 14.3 Å². The standard InChI is InChI=1S/C23H33N3O3/c1-18(27)20-10-7-11-21-22(20)26(23(28)29-21)13-6-5-12-24-14-16-25(17-15-24)19-8-3-2-4-9-19/h7,10-11,19H,2-6,8-9,12-17H2,1H3. The molecule has 0 atom stereocenters. The van der Waals surface area contributed by atoms with E-state index in [1.165, 1.54) is 52.1 Å². The molecule has 1 aliphatic carbocycles. The van der Waals surface area contributed by atoms with E-state index in [1.807, 2.05) is 0 Å². The van der Waals surface area contributed by atoms with Crippen LogP contribution in [-0.2, 0) is 6.54 Å². The molecule has 1 aromatic carbocycles. The molecule has 2 fully saturated rings. The lowest BCUT2D eigenvalue weighted by atomic mass is 9.94. The number of carbonyl (C=O) groups excluding carboxylic acids is 1. The number of hydrogen-bond acceptors (Lipinski definition) is 5. The molecule has 0 spiro atoms. The van der Waals surface area contributed by atoms with Crippen molar-refractivity contribution in [3.8, 4) is 0 Å². The summed E-state index contributed by atoms with van der Waals surface area (Å²) >= 11 is 0. The zero-order valence-corrected chi connectivity index (χ0v) is 17.6. The molecule has 0 bridgehead atoms. The Morgan fingerprint density at radius 1 is 1.03 bits per heavy atom. The predicted molar refractivity (Wildman–Crippen MR) is 115 cm³/mol. The van der Waals surface area contributed by atoms with Crippen LogP contribution in [0.3, 0.4) is 0 Å². The van der Waals surface area contributed by atoms with Crippen molar-refractivity contribution in [2.75, 3.05) is 32.7 Å². The minimum atomic E-state index is -0.366. The molecule has 2 aliphatic rings. The highest BCUT2D eigenvalue weighted by molar-refractivity contribution is 6.04. The number of oxazole rings is 1. The lowest BCUT2D eigenvalue weighted by Gasteiger charge is -2.40. The maximum absolute atomic E-state index is 12.3. The van der Waals surface area contributed by atoms with Crippen molar-refractivity contribution in [2.24, 2.45) is 0 Å². The first kappa shape index (κ1) is 20.4. The van der Waals surface area contributed by atoms with Crippen LogP contribution in [0, 0.1) is 0 Å². The monoisotopic (exact) mass is 399 g/mol. The predicted octanol–water partition coefficient (Wildman–Crippen LogP) is 3.53. The zero-order valence-electron chi connectivity index (χ0n) is 17.6. The second-order valence-corrected chi connectivity index (χ2v) is 8.60. The first-order valence-electron chi connectivity index (χ1n) is 11.2. The number of hydrogen-bond donors (Lipinski definition) is 0. The average molecular weight is 400 g/mol. The van der Waals surface area contributed by atoms with Gasteiger partial charge in [-0.05, 0) is 51.3 Å². The fourth-order valence-electron chi connectivity index (χ4n) is 5.01. The number of Topliss-reactive ketones (excluding diaryl/α,β-unsaturated/α-hetero) is 1. The summed E-state index contributed by atoms with van der Waals surface area (Å²) in [5.41, 5.74) is 1.71. The minimum absolute atomic E-state index is 0.0408. The summed E-state index contributed by atoms with van der Waals surface area (Å²) in [6.45, 7) is 7.89. The van der Waals surface area contributed by atoms with Crippen LogP contribution in [0.5, 0.6) is 0 Å². The first-order chi connectivity index (χ1) is 14.1. The molecule has 1 aromatic heterocycles. The van der Waals surface area contributed by atoms with Gasteiger partial charge in [-0.25, -0.2) is 4.79 Å². The second-order valence-electron chi connectivity index (χ2n) is 8.60. The number of para-hydroxylation sites is 1. The average Bonchev–Trinajstić information content (AvgIpc) is 3.07. The van der Waals surface area contributed by atoms with Gasteiger partial charge in [-0.15, -0.1) is 0 Å². The lowest BCUT2D eigenvalue weighted by Crippen LogP contribution is -2.50. The van der Waals surface area contributed by atoms with Crippen LogP contribution in [0.15, 0.2) is 27.4 Å². The van der Waals surface area contributed by atoms with E-state index in [4.69, 9.17) is 4.42 Å². The van der Waals surface area contributed by atoms with Crippen LogP contribution in [-0.4, -0.2) is 58.9 Å². The topological polar surface area (TPSA) is 58.7 Å². The summed E-state index contributed by atoms with van der Waals surface area (Å²) in [5.74, 6) is -0.407. The van der Waals surface area contributed by atoms with Crippen LogP contribution in [0.2, 0.25) is 0 Å². The molecule has 2 heterocycles. The van der Waals surface area contributed by atoms with Gasteiger partial charge in [-0.1, -0.05) is 25.3 Å². The highest BCUT2D eigenvalue weighted by Crippen LogP contribution is 2.23. The van der Waals surface area contributed by atoms with Crippen molar-refractivity contribution in [3.05, 3.63) is 34.3 Å². The number of aromatic nitrogens is 1. The Labute approximate surface area is 172 Å². The third kappa shape index (κ3) is 4.64. The van der Waals surface area contributed by atoms with Crippen molar-refractivity contribution >= 4 is 16.9 Å². The molecule has 1 saturated carbocycles. The number of piperazine rings is 1. The molecule has 2 aromatic rings. The summed E-state index contributed by atoms with van der Waals surface area (Å²) < 4.78 is 6.98. The van der Waals surface area contributed by atoms with Crippen molar-refractivity contribution in [2.45, 2.75) is 64.5 Å². The summed E-state index contributed by atoms with van der Waals surface area (Å²) in [6, 6.07) is 6.11. The van der Waals surface area contributed by atoms with Gasteiger partial charge >= 0.3 is 5.76 Å². The molecule has 29 heavy (non-hydrogen) atoms. The third-order valence-corrected chi connectivity index (χ3v) is 6.67. The molecule has 0 N–H and O–H groups in total. The van der Waals surface area contributed by atoms with Crippen molar-refractivity contribution in [1.29, 1.82) is 0 Å². The maximum Gasteiger partial charge on any atom is 0.419 e. The Morgan fingerprint density at radius 2 is 1.76 bits per heavy atom. The number of aryl methyl sites for hydroxylation is 1. The van der Waals surface area contributed by atoms with E-state index in [2.05, 4.69) is 9.80 Å². The molecule has 6 heteroatoms. The Balaban J connectivity index is 1.27. The van der Waals surface area contributed by atoms with Gasteiger partial charge in [0.25, 0.3) is 0 Å². The number of benzene rings is 1. The van der Waals surface area contributed by atoms with Crippen molar-refractivity contribution in [3.63, 3.8) is 0 Å². The van der Waals surface area contributed by atoms with Gasteiger partial charge in [0.1, 0.15) is 5.52 Å². The van der Waals surface area contributed by atoms with Gasteiger partial charge in [0.05, 0.1) is 0 Å². The first-order valence-corrected chi connectivity index (χ1v) is 11.2. The van der Waals surface area contributed by atoms with E-state index in [9.17, 15) is 9.59 Å². The quantitative estimate of drug-likeness (QED) is 0.527. The van der Waals surface area contributed by atoms with E-state index in [0.29, 0.717) is 23.2 Å². The Bertz CT molecular complexity index is 886. The van der Waals surface area contributed by atoms with Gasteiger partial charge < -0.3 is 9.32 Å². The number of rotatable bonds is 7. The minimum Gasteiger partial charge on any atom is -0.408 e. The molecular formula is C23H33N3O3. The normalized spacial score (nSPS) is 19.8. The number of carbonyl (C=O) groups is 1. The summed E-state index contributed by atoms with van der Waals surface area (Å²) in [4.78, 5) is 29.5. The van der Waals surface area contributed by atoms with Gasteiger partial charge in [0.2, 0.25) is 0 Å². The SMILES string of the molecule is CC(=O)c1cccc2oc(=O)n(CCCCN3CCN(C4CCCCC4)CC3)c12. The molecule has 0 amide bonds. The number of unbranched alkanes of at least 4 members (excludes halogenated alkanes) is 1. The van der Waals surface area contributed by atoms with Crippen molar-refractivity contribution < 1.29 is 9.21 Å². The molecule has 0 unspecified atom stereocenters. The van der Waals surface area contributed by atoms with E-state index in [-0.39, 0.29) is 11.5 Å². The number of fused-ring (bicyclic) bond motifs is 1. The van der Waals surface area contributed by atoms with Gasteiger partial charge in [-0.2, -0.15) is 0 Å². The van der Waals surface area contributed by atoms with Crippen LogP contribution >= 0.6 is 0 Å². The summed E-state index contributed by atoms with van der Waals surface area (Å²) in [6.07, 6.45) is 8.94. The number of ketones is 1. The smallest absolute Gasteiger partial charge is 0.408 e. The van der Waals surface area contributed by atoms with Gasteiger partial charge in [0, 0.05) is 44.3 Å². The molecule has 1 aliphatic heterocycles. The Hall–Kier alpha value is -1.92. The molecule has 1 saturated heterocycles. The molecule has 6 nitrogen and oxygen atoms in total. The summed E-state index contributed by atoms with van der Waals surface area (Å²) in [5, 5.41) is 0. The highest BCUT2D eigenvalue weighted by atomic mass is 16.4. The Kier molecular flexibility index (Phi) is 6.50. The largest absolute Gasteiger partial charge is 0.419 e. The van der Waals surface area contributed by atoms with E-state index in [0.717, 1.165) is 38.5 Å². The molecular weight excluding hydrogens is 366 g/mol. The van der Waals surface area contributed by atoms with Crippen LogP contribution in [0.1, 0.15) is 62.2 Å². The van der Waals surface area contributed by atoms with E-state index in [1.54, 1.807) is 22.8 Å². The summed E-state index contributed by atoms with van der Waals surface area (Å²) in [7, 11) is 0. The highest BCUT2D eigenvalue weighted by Gasteiger charge is 2.24. The fourth-order valence-corrected chi connectivity index (χ4v) is 5.01. The molecule has 158 valence electrons. The third-order valence-electron chi connectivity index (χ3n) is 6.67. The fraction of sp³-hybridized carbons (Fsp3) is 0.652. The van der Waals surface area contributed by atoms with Crippen molar-refractivity contribution in [1.82, 2.24) is 14.4 Å². The second kappa shape index (κ2) is 9.26. The Morgan fingerprint density at radius 3 is 2.48 bits per heavy atom. The lowest BCUT2D eigenvalue weighted by molar-refractivity contribution is 0.0780. The molecule has 0 radical (unpaired) electrons. The van der Waals surface area contributed by atoms with Crippen LogP contribution in [0.25, 0.3) is 11.1 Å². The zero-order chi connectivity index (χ0) is 20.2. The van der Waals surface area contributed by atoms with E-state index >= 15 is 0 Å².